The molecule has 0 saturated heterocycles. The molecule has 1 heterocycles. The first kappa shape index (κ1) is 13.0. The van der Waals surface area contributed by atoms with E-state index in [-0.39, 0.29) is 5.92 Å². The van der Waals surface area contributed by atoms with Crippen molar-refractivity contribution in [3.8, 4) is 11.1 Å². The van der Waals surface area contributed by atoms with Crippen molar-refractivity contribution >= 4 is 6.29 Å². The number of aldehydes is 1. The van der Waals surface area contributed by atoms with Crippen molar-refractivity contribution in [3.63, 3.8) is 0 Å². The zero-order valence-electron chi connectivity index (χ0n) is 12.1. The molecule has 3 aromatic rings. The molecular formula is C20H15NO. The average Bonchev–Trinajstić information content (AvgIpc) is 2.90. The van der Waals surface area contributed by atoms with Gasteiger partial charge in [-0.1, -0.05) is 48.5 Å². The first-order valence-corrected chi connectivity index (χ1v) is 7.45. The summed E-state index contributed by atoms with van der Waals surface area (Å²) in [6, 6.07) is 21.0. The Kier molecular flexibility index (Phi) is 3.08. The number of nitrogens with zero attached hydrogens (tertiary/aromatic N) is 1. The van der Waals surface area contributed by atoms with Crippen LogP contribution in [0.4, 0.5) is 0 Å². The zero-order valence-corrected chi connectivity index (χ0v) is 12.1. The van der Waals surface area contributed by atoms with E-state index in [1.807, 2.05) is 6.07 Å². The highest BCUT2D eigenvalue weighted by molar-refractivity contribution is 5.80. The molecule has 0 unspecified atom stereocenters. The van der Waals surface area contributed by atoms with Gasteiger partial charge in [0.05, 0.1) is 11.6 Å². The number of aromatic nitrogens is 1. The molecule has 2 nitrogen and oxygen atoms in total. The third kappa shape index (κ3) is 1.96. The Hall–Kier alpha value is -2.74. The summed E-state index contributed by atoms with van der Waals surface area (Å²) in [5.74, 6) is 0.152. The number of hydrogen-bond acceptors (Lipinski definition) is 2. The minimum Gasteiger partial charge on any atom is -0.303 e. The highest BCUT2D eigenvalue weighted by Gasteiger charge is 2.30. The van der Waals surface area contributed by atoms with Gasteiger partial charge in [0, 0.05) is 12.6 Å². The number of pyridine rings is 1. The summed E-state index contributed by atoms with van der Waals surface area (Å²) in [6.07, 6.45) is 3.18. The largest absolute Gasteiger partial charge is 0.303 e. The summed E-state index contributed by atoms with van der Waals surface area (Å²) in [7, 11) is 0. The zero-order chi connectivity index (χ0) is 14.9. The second-order valence-electron chi connectivity index (χ2n) is 5.57. The van der Waals surface area contributed by atoms with E-state index in [2.05, 4.69) is 59.6 Å². The van der Waals surface area contributed by atoms with Gasteiger partial charge in [-0.2, -0.15) is 0 Å². The fourth-order valence-corrected chi connectivity index (χ4v) is 3.35. The third-order valence-electron chi connectivity index (χ3n) is 4.29. The fraction of sp³-hybridized carbons (Fsp3) is 0.100. The highest BCUT2D eigenvalue weighted by Crippen LogP contribution is 2.47. The molecule has 1 aliphatic carbocycles. The van der Waals surface area contributed by atoms with Crippen LogP contribution in [0.15, 0.2) is 66.9 Å². The summed E-state index contributed by atoms with van der Waals surface area (Å²) in [5, 5.41) is 0. The molecule has 2 heteroatoms. The number of benzene rings is 2. The lowest BCUT2D eigenvalue weighted by atomic mass is 9.92. The van der Waals surface area contributed by atoms with Crippen LogP contribution in [0.3, 0.4) is 0 Å². The Morgan fingerprint density at radius 1 is 0.909 bits per heavy atom. The molecule has 0 N–H and O–H groups in total. The van der Waals surface area contributed by atoms with Gasteiger partial charge in [0.25, 0.3) is 0 Å². The quantitative estimate of drug-likeness (QED) is 0.533. The molecule has 106 valence electrons. The first-order valence-electron chi connectivity index (χ1n) is 7.45. The Morgan fingerprint density at radius 3 is 2.18 bits per heavy atom. The van der Waals surface area contributed by atoms with Gasteiger partial charge in [0.1, 0.15) is 6.29 Å². The standard InChI is InChI=1S/C20H15NO/c22-12-10-14-9-11-21-19(13-14)20-17-7-3-1-5-15(17)16-6-2-4-8-18(16)20/h1-9,11-13,20H,10H2. The van der Waals surface area contributed by atoms with Crippen LogP contribution in [0.25, 0.3) is 11.1 Å². The molecule has 0 bridgehead atoms. The number of carbonyl (C=O) groups is 1. The van der Waals surface area contributed by atoms with E-state index in [0.29, 0.717) is 6.42 Å². The lowest BCUT2D eigenvalue weighted by Crippen LogP contribution is -2.03. The molecule has 1 aliphatic rings. The fourth-order valence-electron chi connectivity index (χ4n) is 3.35. The SMILES string of the molecule is O=CCc1ccnc(C2c3ccccc3-c3ccccc32)c1. The van der Waals surface area contributed by atoms with Gasteiger partial charge in [-0.3, -0.25) is 4.98 Å². The van der Waals surface area contributed by atoms with E-state index in [1.54, 1.807) is 6.20 Å². The molecule has 0 spiro atoms. The Balaban J connectivity index is 1.91. The minimum absolute atomic E-state index is 0.152. The van der Waals surface area contributed by atoms with Gasteiger partial charge in [-0.15, -0.1) is 0 Å². The number of carbonyl (C=O) groups excluding carboxylic acids is 1. The van der Waals surface area contributed by atoms with E-state index in [9.17, 15) is 4.79 Å². The van der Waals surface area contributed by atoms with E-state index >= 15 is 0 Å². The second-order valence-corrected chi connectivity index (χ2v) is 5.57. The summed E-state index contributed by atoms with van der Waals surface area (Å²) in [6.45, 7) is 0. The lowest BCUT2D eigenvalue weighted by Gasteiger charge is -2.14. The van der Waals surface area contributed by atoms with Crippen molar-refractivity contribution in [1.82, 2.24) is 4.98 Å². The predicted molar refractivity (Wildman–Crippen MR) is 86.8 cm³/mol. The van der Waals surface area contributed by atoms with Gasteiger partial charge >= 0.3 is 0 Å². The van der Waals surface area contributed by atoms with Crippen molar-refractivity contribution in [3.05, 3.63) is 89.2 Å². The van der Waals surface area contributed by atoms with Crippen molar-refractivity contribution < 1.29 is 4.79 Å². The molecule has 0 amide bonds. The van der Waals surface area contributed by atoms with Gasteiger partial charge in [0.2, 0.25) is 0 Å². The molecule has 0 atom stereocenters. The van der Waals surface area contributed by atoms with Crippen molar-refractivity contribution in [2.75, 3.05) is 0 Å². The topological polar surface area (TPSA) is 30.0 Å². The van der Waals surface area contributed by atoms with Crippen LogP contribution < -0.4 is 0 Å². The van der Waals surface area contributed by atoms with E-state index in [1.165, 1.54) is 22.3 Å². The third-order valence-corrected chi connectivity index (χ3v) is 4.29. The molecule has 4 rings (SSSR count). The minimum atomic E-state index is 0.152. The van der Waals surface area contributed by atoms with Crippen molar-refractivity contribution in [2.45, 2.75) is 12.3 Å². The summed E-state index contributed by atoms with van der Waals surface area (Å²) >= 11 is 0. The Bertz CT molecular complexity index is 808. The summed E-state index contributed by atoms with van der Waals surface area (Å²) < 4.78 is 0. The van der Waals surface area contributed by atoms with E-state index in [4.69, 9.17) is 0 Å². The van der Waals surface area contributed by atoms with Crippen molar-refractivity contribution in [2.24, 2.45) is 0 Å². The van der Waals surface area contributed by atoms with E-state index < -0.39 is 0 Å². The highest BCUT2D eigenvalue weighted by atomic mass is 16.1. The molecule has 0 fully saturated rings. The smallest absolute Gasteiger partial charge is 0.124 e. The van der Waals surface area contributed by atoms with Crippen LogP contribution in [0.2, 0.25) is 0 Å². The van der Waals surface area contributed by atoms with Gasteiger partial charge in [-0.25, -0.2) is 0 Å². The number of rotatable bonds is 3. The first-order chi connectivity index (χ1) is 10.9. The predicted octanol–water partition coefficient (Wildman–Crippen LogP) is 3.98. The van der Waals surface area contributed by atoms with Gasteiger partial charge in [-0.05, 0) is 39.9 Å². The molecular weight excluding hydrogens is 270 g/mol. The van der Waals surface area contributed by atoms with Gasteiger partial charge < -0.3 is 4.79 Å². The Labute approximate surface area is 129 Å². The van der Waals surface area contributed by atoms with Crippen LogP contribution in [0, 0.1) is 0 Å². The van der Waals surface area contributed by atoms with Crippen LogP contribution in [-0.2, 0) is 11.2 Å². The molecule has 1 aromatic heterocycles. The normalized spacial score (nSPS) is 12.7. The molecule has 22 heavy (non-hydrogen) atoms. The van der Waals surface area contributed by atoms with E-state index in [0.717, 1.165) is 17.5 Å². The van der Waals surface area contributed by atoms with Gasteiger partial charge in [0.15, 0.2) is 0 Å². The maximum Gasteiger partial charge on any atom is 0.124 e. The monoisotopic (exact) mass is 285 g/mol. The van der Waals surface area contributed by atoms with Crippen LogP contribution in [0.5, 0.6) is 0 Å². The molecule has 2 aromatic carbocycles. The number of fused-ring (bicyclic) bond motifs is 3. The van der Waals surface area contributed by atoms with Crippen molar-refractivity contribution in [1.29, 1.82) is 0 Å². The second kappa shape index (κ2) is 5.23. The number of hydrogen-bond donors (Lipinski definition) is 0. The molecule has 0 radical (unpaired) electrons. The molecule has 0 aliphatic heterocycles. The van der Waals surface area contributed by atoms with Crippen LogP contribution in [0.1, 0.15) is 28.3 Å². The summed E-state index contributed by atoms with van der Waals surface area (Å²) in [4.78, 5) is 15.4. The maximum atomic E-state index is 10.8. The average molecular weight is 285 g/mol. The maximum absolute atomic E-state index is 10.8. The molecule has 0 saturated carbocycles. The lowest BCUT2D eigenvalue weighted by molar-refractivity contribution is -0.107. The Morgan fingerprint density at radius 2 is 1.55 bits per heavy atom. The van der Waals surface area contributed by atoms with Crippen LogP contribution in [-0.4, -0.2) is 11.3 Å². The summed E-state index contributed by atoms with van der Waals surface area (Å²) in [5.41, 5.74) is 7.17. The van der Waals surface area contributed by atoms with Crippen LogP contribution >= 0.6 is 0 Å².